The molecule has 0 aliphatic heterocycles. The van der Waals surface area contributed by atoms with Gasteiger partial charge in [-0.2, -0.15) is 4.68 Å². The lowest BCUT2D eigenvalue weighted by molar-refractivity contribution is -0.115. The van der Waals surface area contributed by atoms with Gasteiger partial charge in [0.25, 0.3) is 0 Å². The van der Waals surface area contributed by atoms with Crippen molar-refractivity contribution in [1.29, 1.82) is 0 Å². The molecule has 2 aromatic carbocycles. The molecule has 0 spiro atoms. The average Bonchev–Trinajstić information content (AvgIpc) is 3.05. The lowest BCUT2D eigenvalue weighted by atomic mass is 10.3. The van der Waals surface area contributed by atoms with E-state index >= 15 is 0 Å². The van der Waals surface area contributed by atoms with Crippen LogP contribution >= 0.6 is 35.0 Å². The summed E-state index contributed by atoms with van der Waals surface area (Å²) in [5, 5.41) is 15.8. The fourth-order valence-corrected chi connectivity index (χ4v) is 3.13. The van der Waals surface area contributed by atoms with Crippen LogP contribution in [0.25, 0.3) is 5.69 Å². The molecule has 1 heterocycles. The molecule has 0 fully saturated rings. The second-order valence-corrected chi connectivity index (χ2v) is 7.29. The van der Waals surface area contributed by atoms with E-state index in [1.54, 1.807) is 48.0 Å². The van der Waals surface area contributed by atoms with Crippen molar-refractivity contribution in [3.05, 3.63) is 58.6 Å². The largest absolute Gasteiger partial charge is 0.325 e. The summed E-state index contributed by atoms with van der Waals surface area (Å²) in [5.41, 5.74) is 1.40. The fourth-order valence-electron chi connectivity index (χ4n) is 2.01. The SMILES string of the molecule is C[C@@H](Sc1nnnn1-c1cccc(Cl)c1)C(=O)Nc1ccc(Cl)cc1. The van der Waals surface area contributed by atoms with E-state index in [4.69, 9.17) is 23.2 Å². The third-order valence-electron chi connectivity index (χ3n) is 3.26. The molecule has 1 aromatic heterocycles. The molecule has 3 aromatic rings. The molecule has 0 saturated heterocycles. The van der Waals surface area contributed by atoms with E-state index in [9.17, 15) is 4.79 Å². The van der Waals surface area contributed by atoms with Crippen molar-refractivity contribution in [2.24, 2.45) is 0 Å². The van der Waals surface area contributed by atoms with E-state index in [2.05, 4.69) is 20.8 Å². The maximum absolute atomic E-state index is 12.4. The highest BCUT2D eigenvalue weighted by Gasteiger charge is 2.19. The Morgan fingerprint density at radius 1 is 1.16 bits per heavy atom. The maximum Gasteiger partial charge on any atom is 0.237 e. The molecule has 9 heteroatoms. The van der Waals surface area contributed by atoms with Crippen molar-refractivity contribution in [3.8, 4) is 5.69 Å². The zero-order valence-corrected chi connectivity index (χ0v) is 15.4. The summed E-state index contributed by atoms with van der Waals surface area (Å²) in [6.45, 7) is 1.78. The van der Waals surface area contributed by atoms with Crippen molar-refractivity contribution >= 4 is 46.6 Å². The fraction of sp³-hybridized carbons (Fsp3) is 0.125. The molecular weight excluding hydrogens is 381 g/mol. The van der Waals surface area contributed by atoms with Gasteiger partial charge in [0.2, 0.25) is 11.1 Å². The number of carbonyl (C=O) groups is 1. The van der Waals surface area contributed by atoms with Crippen LogP contribution in [0.3, 0.4) is 0 Å². The topological polar surface area (TPSA) is 72.7 Å². The molecule has 1 atom stereocenters. The predicted molar refractivity (Wildman–Crippen MR) is 99.6 cm³/mol. The van der Waals surface area contributed by atoms with Gasteiger partial charge in [-0.15, -0.1) is 5.10 Å². The van der Waals surface area contributed by atoms with Gasteiger partial charge in [0.1, 0.15) is 0 Å². The van der Waals surface area contributed by atoms with Gasteiger partial charge in [-0.05, 0) is 59.8 Å². The minimum Gasteiger partial charge on any atom is -0.325 e. The van der Waals surface area contributed by atoms with Crippen LogP contribution in [0.2, 0.25) is 10.0 Å². The van der Waals surface area contributed by atoms with Gasteiger partial charge in [-0.3, -0.25) is 4.79 Å². The number of nitrogens with zero attached hydrogens (tertiary/aromatic N) is 4. The molecule has 1 N–H and O–H groups in total. The van der Waals surface area contributed by atoms with Crippen molar-refractivity contribution in [2.45, 2.75) is 17.3 Å². The number of nitrogens with one attached hydrogen (secondary N) is 1. The van der Waals surface area contributed by atoms with Crippen LogP contribution in [-0.4, -0.2) is 31.4 Å². The summed E-state index contributed by atoms with van der Waals surface area (Å²) in [7, 11) is 0. The normalized spacial score (nSPS) is 12.0. The van der Waals surface area contributed by atoms with Crippen LogP contribution in [0.15, 0.2) is 53.7 Å². The number of hydrogen-bond acceptors (Lipinski definition) is 5. The van der Waals surface area contributed by atoms with Crippen molar-refractivity contribution in [2.75, 3.05) is 5.32 Å². The maximum atomic E-state index is 12.4. The number of anilines is 1. The first-order valence-electron chi connectivity index (χ1n) is 7.30. The van der Waals surface area contributed by atoms with Gasteiger partial charge in [0.15, 0.2) is 0 Å². The Morgan fingerprint density at radius 3 is 2.64 bits per heavy atom. The van der Waals surface area contributed by atoms with E-state index in [1.165, 1.54) is 11.8 Å². The number of hydrogen-bond donors (Lipinski definition) is 1. The van der Waals surface area contributed by atoms with Gasteiger partial charge in [0, 0.05) is 15.7 Å². The first-order chi connectivity index (χ1) is 12.0. The number of carbonyl (C=O) groups excluding carboxylic acids is 1. The highest BCUT2D eigenvalue weighted by molar-refractivity contribution is 8.00. The minimum atomic E-state index is -0.403. The Bertz CT molecular complexity index is 884. The van der Waals surface area contributed by atoms with E-state index in [0.717, 1.165) is 5.69 Å². The highest BCUT2D eigenvalue weighted by Crippen LogP contribution is 2.25. The lowest BCUT2D eigenvalue weighted by Gasteiger charge is -2.12. The highest BCUT2D eigenvalue weighted by atomic mass is 35.5. The zero-order valence-electron chi connectivity index (χ0n) is 13.1. The monoisotopic (exact) mass is 393 g/mol. The second kappa shape index (κ2) is 7.86. The molecule has 0 unspecified atom stereocenters. The third-order valence-corrected chi connectivity index (χ3v) is 4.78. The van der Waals surface area contributed by atoms with Gasteiger partial charge in [-0.1, -0.05) is 41.0 Å². The summed E-state index contributed by atoms with van der Waals surface area (Å²) < 4.78 is 1.54. The summed E-state index contributed by atoms with van der Waals surface area (Å²) in [4.78, 5) is 12.4. The van der Waals surface area contributed by atoms with Crippen LogP contribution in [0, 0.1) is 0 Å². The molecule has 6 nitrogen and oxygen atoms in total. The zero-order chi connectivity index (χ0) is 17.8. The number of halogens is 2. The standard InChI is InChI=1S/C16H13Cl2N5OS/c1-10(15(24)19-13-7-5-11(17)6-8-13)25-16-20-21-22-23(16)14-4-2-3-12(18)9-14/h2-10H,1H3,(H,19,24)/t10-/m1/s1. The number of thioether (sulfide) groups is 1. The predicted octanol–water partition coefficient (Wildman–Crippen LogP) is 4.09. The molecule has 0 aliphatic carbocycles. The molecular formula is C16H13Cl2N5OS. The molecule has 128 valence electrons. The first kappa shape index (κ1) is 17.7. The average molecular weight is 394 g/mol. The summed E-state index contributed by atoms with van der Waals surface area (Å²) >= 11 is 13.1. The number of tetrazole rings is 1. The van der Waals surface area contributed by atoms with Gasteiger partial charge < -0.3 is 5.32 Å². The molecule has 0 saturated carbocycles. The third kappa shape index (κ3) is 4.50. The first-order valence-corrected chi connectivity index (χ1v) is 8.94. The van der Waals surface area contributed by atoms with Crippen molar-refractivity contribution in [1.82, 2.24) is 20.2 Å². The quantitative estimate of drug-likeness (QED) is 0.660. The Labute approximate surface area is 158 Å². The van der Waals surface area contributed by atoms with Crippen molar-refractivity contribution in [3.63, 3.8) is 0 Å². The van der Waals surface area contributed by atoms with Gasteiger partial charge in [-0.25, -0.2) is 0 Å². The number of benzene rings is 2. The van der Waals surface area contributed by atoms with Crippen LogP contribution in [0.1, 0.15) is 6.92 Å². The van der Waals surface area contributed by atoms with E-state index in [1.807, 2.05) is 12.1 Å². The van der Waals surface area contributed by atoms with Crippen molar-refractivity contribution < 1.29 is 4.79 Å². The second-order valence-electron chi connectivity index (χ2n) is 5.11. The molecule has 3 rings (SSSR count). The number of amides is 1. The molecule has 25 heavy (non-hydrogen) atoms. The van der Waals surface area contributed by atoms with E-state index in [0.29, 0.717) is 20.9 Å². The number of aromatic nitrogens is 4. The van der Waals surface area contributed by atoms with Crippen LogP contribution in [0.5, 0.6) is 0 Å². The molecule has 0 bridgehead atoms. The van der Waals surface area contributed by atoms with E-state index in [-0.39, 0.29) is 5.91 Å². The Kier molecular flexibility index (Phi) is 5.57. The summed E-state index contributed by atoms with van der Waals surface area (Å²) in [6, 6.07) is 14.1. The molecule has 1 amide bonds. The minimum absolute atomic E-state index is 0.159. The smallest absolute Gasteiger partial charge is 0.237 e. The Balaban J connectivity index is 1.71. The number of rotatable bonds is 5. The Hall–Kier alpha value is -2.09. The van der Waals surface area contributed by atoms with Gasteiger partial charge in [0.05, 0.1) is 10.9 Å². The van der Waals surface area contributed by atoms with Crippen LogP contribution in [-0.2, 0) is 4.79 Å². The summed E-state index contributed by atoms with van der Waals surface area (Å²) in [6.07, 6.45) is 0. The van der Waals surface area contributed by atoms with Crippen LogP contribution < -0.4 is 5.32 Å². The molecule has 0 radical (unpaired) electrons. The Morgan fingerprint density at radius 2 is 1.92 bits per heavy atom. The van der Waals surface area contributed by atoms with Crippen LogP contribution in [0.4, 0.5) is 5.69 Å². The summed E-state index contributed by atoms with van der Waals surface area (Å²) in [5.74, 6) is -0.159. The molecule has 0 aliphatic rings. The van der Waals surface area contributed by atoms with E-state index < -0.39 is 5.25 Å². The lowest BCUT2D eigenvalue weighted by Crippen LogP contribution is -2.22. The van der Waals surface area contributed by atoms with Gasteiger partial charge >= 0.3 is 0 Å².